The van der Waals surface area contributed by atoms with Crippen molar-refractivity contribution in [1.29, 1.82) is 0 Å². The van der Waals surface area contributed by atoms with Gasteiger partial charge in [0.1, 0.15) is 0 Å². The van der Waals surface area contributed by atoms with Crippen LogP contribution in [-0.2, 0) is 4.74 Å². The van der Waals surface area contributed by atoms with Gasteiger partial charge < -0.3 is 10.1 Å². The molecule has 3 unspecified atom stereocenters. The van der Waals surface area contributed by atoms with Crippen LogP contribution in [0.1, 0.15) is 52.4 Å². The molecule has 0 heterocycles. The summed E-state index contributed by atoms with van der Waals surface area (Å²) in [5.74, 6) is 0. The summed E-state index contributed by atoms with van der Waals surface area (Å²) < 4.78 is 5.93. The molecule has 2 rings (SSSR count). The first-order valence-electron chi connectivity index (χ1n) is 7.21. The maximum atomic E-state index is 5.93. The van der Waals surface area contributed by atoms with E-state index in [0.717, 1.165) is 13.0 Å². The lowest BCUT2D eigenvalue weighted by atomic mass is 9.60. The van der Waals surface area contributed by atoms with Crippen LogP contribution >= 0.6 is 0 Å². The number of ether oxygens (including phenoxy) is 1. The maximum absolute atomic E-state index is 5.93. The van der Waals surface area contributed by atoms with Gasteiger partial charge in [-0.3, -0.25) is 0 Å². The average Bonchev–Trinajstić information content (AvgIpc) is 2.80. The van der Waals surface area contributed by atoms with Crippen molar-refractivity contribution in [3.63, 3.8) is 0 Å². The molecule has 0 bridgehead atoms. The van der Waals surface area contributed by atoms with Crippen LogP contribution < -0.4 is 5.32 Å². The molecule has 0 aromatic heterocycles. The van der Waals surface area contributed by atoms with Crippen LogP contribution in [0.25, 0.3) is 0 Å². The Morgan fingerprint density at radius 3 is 2.76 bits per heavy atom. The summed E-state index contributed by atoms with van der Waals surface area (Å²) in [5, 5.41) is 3.79. The molecule has 98 valence electrons. The van der Waals surface area contributed by atoms with Gasteiger partial charge in [-0.05, 0) is 39.5 Å². The summed E-state index contributed by atoms with van der Waals surface area (Å²) in [5.41, 5.74) is 0.464. The zero-order valence-corrected chi connectivity index (χ0v) is 11.4. The lowest BCUT2D eigenvalue weighted by Gasteiger charge is -2.55. The largest absolute Gasteiger partial charge is 0.378 e. The maximum Gasteiger partial charge on any atom is 0.0661 e. The van der Waals surface area contributed by atoms with Crippen molar-refractivity contribution in [2.75, 3.05) is 6.61 Å². The first kappa shape index (κ1) is 13.1. The van der Waals surface area contributed by atoms with Crippen LogP contribution in [0.2, 0.25) is 0 Å². The van der Waals surface area contributed by atoms with Gasteiger partial charge >= 0.3 is 0 Å². The second-order valence-corrected chi connectivity index (χ2v) is 5.76. The molecule has 1 spiro atoms. The van der Waals surface area contributed by atoms with Crippen LogP contribution in [0.15, 0.2) is 12.7 Å². The van der Waals surface area contributed by atoms with Crippen molar-refractivity contribution >= 4 is 0 Å². The second kappa shape index (κ2) is 5.53. The summed E-state index contributed by atoms with van der Waals surface area (Å²) >= 11 is 0. The molecule has 0 aromatic rings. The minimum Gasteiger partial charge on any atom is -0.378 e. The topological polar surface area (TPSA) is 21.3 Å². The molecule has 2 aliphatic carbocycles. The molecule has 0 radical (unpaired) electrons. The van der Waals surface area contributed by atoms with E-state index in [4.69, 9.17) is 4.74 Å². The zero-order chi connectivity index (χ0) is 12.3. The molecule has 0 amide bonds. The highest BCUT2D eigenvalue weighted by Crippen LogP contribution is 2.54. The van der Waals surface area contributed by atoms with Gasteiger partial charge in [-0.1, -0.05) is 18.9 Å². The van der Waals surface area contributed by atoms with Gasteiger partial charge in [0.2, 0.25) is 0 Å². The molecule has 2 aliphatic rings. The van der Waals surface area contributed by atoms with E-state index >= 15 is 0 Å². The monoisotopic (exact) mass is 237 g/mol. The first-order valence-corrected chi connectivity index (χ1v) is 7.21. The zero-order valence-electron chi connectivity index (χ0n) is 11.4. The van der Waals surface area contributed by atoms with Crippen molar-refractivity contribution in [3.8, 4) is 0 Å². The SMILES string of the molecule is C=CCC(C)NC1CC(OCC)C12CCCC2. The highest BCUT2D eigenvalue weighted by Gasteiger charge is 2.56. The Bertz CT molecular complexity index is 258. The van der Waals surface area contributed by atoms with E-state index in [2.05, 4.69) is 25.7 Å². The molecule has 0 saturated heterocycles. The Labute approximate surface area is 106 Å². The lowest BCUT2D eigenvalue weighted by Crippen LogP contribution is -2.64. The van der Waals surface area contributed by atoms with Gasteiger partial charge in [0.25, 0.3) is 0 Å². The highest BCUT2D eigenvalue weighted by molar-refractivity contribution is 5.10. The number of hydrogen-bond donors (Lipinski definition) is 1. The number of rotatable bonds is 6. The minimum absolute atomic E-state index is 0.464. The van der Waals surface area contributed by atoms with Crippen LogP contribution in [0.5, 0.6) is 0 Å². The summed E-state index contributed by atoms with van der Waals surface area (Å²) in [6.45, 7) is 9.06. The van der Waals surface area contributed by atoms with Crippen molar-refractivity contribution < 1.29 is 4.74 Å². The fourth-order valence-electron chi connectivity index (χ4n) is 3.78. The molecule has 0 aliphatic heterocycles. The van der Waals surface area contributed by atoms with Crippen molar-refractivity contribution in [2.24, 2.45) is 5.41 Å². The average molecular weight is 237 g/mol. The van der Waals surface area contributed by atoms with Crippen molar-refractivity contribution in [1.82, 2.24) is 5.32 Å². The van der Waals surface area contributed by atoms with Crippen LogP contribution in [0, 0.1) is 5.41 Å². The normalized spacial score (nSPS) is 32.4. The molecule has 2 nitrogen and oxygen atoms in total. The summed E-state index contributed by atoms with van der Waals surface area (Å²) in [6, 6.07) is 1.23. The lowest BCUT2D eigenvalue weighted by molar-refractivity contribution is -0.132. The molecule has 1 N–H and O–H groups in total. The van der Waals surface area contributed by atoms with E-state index < -0.39 is 0 Å². The van der Waals surface area contributed by atoms with Gasteiger partial charge in [-0.2, -0.15) is 0 Å². The summed E-state index contributed by atoms with van der Waals surface area (Å²) in [6.07, 6.45) is 10.3. The van der Waals surface area contributed by atoms with Gasteiger partial charge in [-0.25, -0.2) is 0 Å². The van der Waals surface area contributed by atoms with E-state index in [-0.39, 0.29) is 0 Å². The number of hydrogen-bond acceptors (Lipinski definition) is 2. The van der Waals surface area contributed by atoms with E-state index in [1.54, 1.807) is 0 Å². The van der Waals surface area contributed by atoms with Gasteiger partial charge in [0.05, 0.1) is 6.10 Å². The fourth-order valence-corrected chi connectivity index (χ4v) is 3.78. The molecule has 2 saturated carbocycles. The van der Waals surface area contributed by atoms with Crippen LogP contribution in [0.4, 0.5) is 0 Å². The molecular formula is C15H27NO. The fraction of sp³-hybridized carbons (Fsp3) is 0.867. The molecule has 2 heteroatoms. The second-order valence-electron chi connectivity index (χ2n) is 5.76. The molecular weight excluding hydrogens is 210 g/mol. The Balaban J connectivity index is 1.93. The standard InChI is InChI=1S/C15H27NO/c1-4-8-12(3)16-13-11-14(17-5-2)15(13)9-6-7-10-15/h4,12-14,16H,1,5-11H2,2-3H3. The Morgan fingerprint density at radius 1 is 1.47 bits per heavy atom. The Kier molecular flexibility index (Phi) is 4.26. The van der Waals surface area contributed by atoms with Gasteiger partial charge in [0, 0.05) is 24.1 Å². The first-order chi connectivity index (χ1) is 8.23. The van der Waals surface area contributed by atoms with Crippen molar-refractivity contribution in [2.45, 2.75) is 70.6 Å². The minimum atomic E-state index is 0.464. The molecule has 17 heavy (non-hydrogen) atoms. The summed E-state index contributed by atoms with van der Waals surface area (Å²) in [4.78, 5) is 0. The van der Waals surface area contributed by atoms with E-state index in [1.165, 1.54) is 32.1 Å². The highest BCUT2D eigenvalue weighted by atomic mass is 16.5. The van der Waals surface area contributed by atoms with Crippen LogP contribution in [0.3, 0.4) is 0 Å². The third-order valence-corrected chi connectivity index (χ3v) is 4.69. The smallest absolute Gasteiger partial charge is 0.0661 e. The van der Waals surface area contributed by atoms with Crippen LogP contribution in [-0.4, -0.2) is 24.8 Å². The summed E-state index contributed by atoms with van der Waals surface area (Å²) in [7, 11) is 0. The molecule has 3 atom stereocenters. The predicted molar refractivity (Wildman–Crippen MR) is 72.1 cm³/mol. The molecule has 2 fully saturated rings. The quantitative estimate of drug-likeness (QED) is 0.716. The Morgan fingerprint density at radius 2 is 2.18 bits per heavy atom. The molecule has 0 aromatic carbocycles. The van der Waals surface area contributed by atoms with Gasteiger partial charge in [0.15, 0.2) is 0 Å². The predicted octanol–water partition coefficient (Wildman–Crippen LogP) is 3.28. The Hall–Kier alpha value is -0.340. The van der Waals surface area contributed by atoms with E-state index in [9.17, 15) is 0 Å². The van der Waals surface area contributed by atoms with E-state index in [0.29, 0.717) is 23.6 Å². The third kappa shape index (κ3) is 2.43. The van der Waals surface area contributed by atoms with E-state index in [1.807, 2.05) is 6.08 Å². The van der Waals surface area contributed by atoms with Crippen molar-refractivity contribution in [3.05, 3.63) is 12.7 Å². The van der Waals surface area contributed by atoms with Gasteiger partial charge in [-0.15, -0.1) is 6.58 Å². The third-order valence-electron chi connectivity index (χ3n) is 4.69. The number of nitrogens with one attached hydrogen (secondary N) is 1.